The van der Waals surface area contributed by atoms with Gasteiger partial charge in [-0.2, -0.15) is 0 Å². The average molecular weight is 332 g/mol. The second-order valence-corrected chi connectivity index (χ2v) is 6.27. The molecule has 0 saturated heterocycles. The molecule has 1 atom stereocenters. The first kappa shape index (κ1) is 15.3. The van der Waals surface area contributed by atoms with Crippen molar-refractivity contribution in [2.24, 2.45) is 0 Å². The Hall–Kier alpha value is -1.12. The van der Waals surface area contributed by atoms with Gasteiger partial charge in [-0.15, -0.1) is 0 Å². The summed E-state index contributed by atoms with van der Waals surface area (Å²) in [7, 11) is 2.03. The van der Waals surface area contributed by atoms with Crippen LogP contribution in [0.3, 0.4) is 0 Å². The molecular formula is C18H22BrN. The zero-order valence-corrected chi connectivity index (χ0v) is 14.4. The van der Waals surface area contributed by atoms with Crippen molar-refractivity contribution in [2.75, 3.05) is 7.05 Å². The summed E-state index contributed by atoms with van der Waals surface area (Å²) in [6.07, 6.45) is 0. The molecule has 0 aliphatic heterocycles. The van der Waals surface area contributed by atoms with E-state index in [1.807, 2.05) is 7.05 Å². The number of hydrogen-bond donors (Lipinski definition) is 1. The minimum absolute atomic E-state index is 0.212. The lowest BCUT2D eigenvalue weighted by molar-refractivity contribution is 0.678. The van der Waals surface area contributed by atoms with Gasteiger partial charge in [-0.3, -0.25) is 0 Å². The van der Waals surface area contributed by atoms with Crippen molar-refractivity contribution in [2.45, 2.75) is 33.7 Å². The van der Waals surface area contributed by atoms with E-state index in [-0.39, 0.29) is 6.04 Å². The minimum Gasteiger partial charge on any atom is -0.309 e. The molecule has 0 saturated carbocycles. The van der Waals surface area contributed by atoms with Crippen molar-refractivity contribution in [1.29, 1.82) is 0 Å². The Balaban J connectivity index is 2.68. The van der Waals surface area contributed by atoms with Crippen molar-refractivity contribution >= 4 is 15.9 Å². The van der Waals surface area contributed by atoms with Gasteiger partial charge in [0, 0.05) is 4.47 Å². The van der Waals surface area contributed by atoms with Crippen LogP contribution < -0.4 is 5.32 Å². The maximum atomic E-state index is 3.68. The normalized spacial score (nSPS) is 12.5. The smallest absolute Gasteiger partial charge is 0.0590 e. The maximum Gasteiger partial charge on any atom is 0.0590 e. The second-order valence-electron chi connectivity index (χ2n) is 5.42. The molecule has 0 aliphatic carbocycles. The summed E-state index contributed by atoms with van der Waals surface area (Å²) in [6.45, 7) is 8.83. The van der Waals surface area contributed by atoms with Crippen molar-refractivity contribution < 1.29 is 0 Å². The van der Waals surface area contributed by atoms with E-state index < -0.39 is 0 Å². The van der Waals surface area contributed by atoms with Crippen LogP contribution in [0.25, 0.3) is 0 Å². The number of aryl methyl sites for hydroxylation is 2. The first-order valence-electron chi connectivity index (χ1n) is 6.96. The SMILES string of the molecule is CNC(c1ccccc1Br)c1c(C)c(C)cc(C)c1C. The van der Waals surface area contributed by atoms with E-state index >= 15 is 0 Å². The Morgan fingerprint density at radius 2 is 1.50 bits per heavy atom. The number of nitrogens with one attached hydrogen (secondary N) is 1. The highest BCUT2D eigenvalue weighted by atomic mass is 79.9. The van der Waals surface area contributed by atoms with Crippen molar-refractivity contribution in [3.8, 4) is 0 Å². The van der Waals surface area contributed by atoms with Crippen LogP contribution in [0, 0.1) is 27.7 Å². The molecule has 0 aliphatic rings. The zero-order valence-electron chi connectivity index (χ0n) is 12.8. The van der Waals surface area contributed by atoms with Gasteiger partial charge in [-0.05, 0) is 74.2 Å². The van der Waals surface area contributed by atoms with Gasteiger partial charge in [0.05, 0.1) is 6.04 Å². The fourth-order valence-corrected chi connectivity index (χ4v) is 3.36. The molecule has 0 bridgehead atoms. The number of hydrogen-bond acceptors (Lipinski definition) is 1. The molecule has 20 heavy (non-hydrogen) atoms. The molecule has 2 rings (SSSR count). The lowest BCUT2D eigenvalue weighted by Crippen LogP contribution is -2.21. The molecule has 2 aromatic carbocycles. The quantitative estimate of drug-likeness (QED) is 0.835. The van der Waals surface area contributed by atoms with E-state index in [4.69, 9.17) is 0 Å². The van der Waals surface area contributed by atoms with E-state index in [0.717, 1.165) is 4.47 Å². The van der Waals surface area contributed by atoms with Gasteiger partial charge in [0.1, 0.15) is 0 Å². The Morgan fingerprint density at radius 3 is 2.00 bits per heavy atom. The van der Waals surface area contributed by atoms with Crippen molar-refractivity contribution in [3.63, 3.8) is 0 Å². The molecule has 0 spiro atoms. The van der Waals surface area contributed by atoms with Gasteiger partial charge in [-0.1, -0.05) is 40.2 Å². The average Bonchev–Trinajstić information content (AvgIpc) is 2.42. The third kappa shape index (κ3) is 2.68. The van der Waals surface area contributed by atoms with E-state index in [1.165, 1.54) is 33.4 Å². The third-order valence-corrected chi connectivity index (χ3v) is 4.94. The van der Waals surface area contributed by atoms with Crippen LogP contribution in [-0.4, -0.2) is 7.05 Å². The lowest BCUT2D eigenvalue weighted by Gasteiger charge is -2.25. The first-order chi connectivity index (χ1) is 9.47. The van der Waals surface area contributed by atoms with Gasteiger partial charge in [-0.25, -0.2) is 0 Å². The number of halogens is 1. The zero-order chi connectivity index (χ0) is 14.9. The summed E-state index contributed by atoms with van der Waals surface area (Å²) in [6, 6.07) is 10.9. The maximum absolute atomic E-state index is 3.68. The molecule has 0 amide bonds. The van der Waals surface area contributed by atoms with Crippen LogP contribution in [0.2, 0.25) is 0 Å². The monoisotopic (exact) mass is 331 g/mol. The summed E-state index contributed by atoms with van der Waals surface area (Å²) in [4.78, 5) is 0. The number of rotatable bonds is 3. The highest BCUT2D eigenvalue weighted by Crippen LogP contribution is 2.34. The van der Waals surface area contributed by atoms with Crippen LogP contribution >= 0.6 is 15.9 Å². The molecule has 2 heteroatoms. The van der Waals surface area contributed by atoms with Crippen LogP contribution in [-0.2, 0) is 0 Å². The number of benzene rings is 2. The van der Waals surface area contributed by atoms with Crippen LogP contribution in [0.1, 0.15) is 39.4 Å². The topological polar surface area (TPSA) is 12.0 Å². The highest BCUT2D eigenvalue weighted by molar-refractivity contribution is 9.10. The van der Waals surface area contributed by atoms with Gasteiger partial charge < -0.3 is 5.32 Å². The van der Waals surface area contributed by atoms with Gasteiger partial charge in [0.15, 0.2) is 0 Å². The summed E-state index contributed by atoms with van der Waals surface area (Å²) in [5.74, 6) is 0. The minimum atomic E-state index is 0.212. The molecule has 1 nitrogen and oxygen atoms in total. The molecule has 0 heterocycles. The summed E-state index contributed by atoms with van der Waals surface area (Å²) in [5.41, 5.74) is 8.15. The van der Waals surface area contributed by atoms with E-state index in [9.17, 15) is 0 Å². The Kier molecular flexibility index (Phi) is 4.66. The molecule has 0 aromatic heterocycles. The van der Waals surface area contributed by atoms with Gasteiger partial charge in [0.25, 0.3) is 0 Å². The fraction of sp³-hybridized carbons (Fsp3) is 0.333. The second kappa shape index (κ2) is 6.11. The Bertz CT molecular complexity index is 605. The molecule has 0 radical (unpaired) electrons. The van der Waals surface area contributed by atoms with E-state index in [0.29, 0.717) is 0 Å². The predicted molar refractivity (Wildman–Crippen MR) is 90.4 cm³/mol. The summed E-state index contributed by atoms with van der Waals surface area (Å²) in [5, 5.41) is 3.48. The van der Waals surface area contributed by atoms with E-state index in [2.05, 4.69) is 79.3 Å². The third-order valence-electron chi connectivity index (χ3n) is 4.22. The molecule has 106 valence electrons. The van der Waals surface area contributed by atoms with Crippen LogP contribution in [0.5, 0.6) is 0 Å². The van der Waals surface area contributed by atoms with E-state index in [1.54, 1.807) is 0 Å². The molecule has 0 fully saturated rings. The summed E-state index contributed by atoms with van der Waals surface area (Å²) < 4.78 is 1.15. The van der Waals surface area contributed by atoms with Gasteiger partial charge >= 0.3 is 0 Å². The highest BCUT2D eigenvalue weighted by Gasteiger charge is 2.20. The van der Waals surface area contributed by atoms with Crippen molar-refractivity contribution in [1.82, 2.24) is 5.32 Å². The predicted octanol–water partition coefficient (Wildman–Crippen LogP) is 4.99. The largest absolute Gasteiger partial charge is 0.309 e. The van der Waals surface area contributed by atoms with Crippen LogP contribution in [0.4, 0.5) is 0 Å². The van der Waals surface area contributed by atoms with Crippen molar-refractivity contribution in [3.05, 3.63) is 68.2 Å². The lowest BCUT2D eigenvalue weighted by atomic mass is 9.87. The fourth-order valence-electron chi connectivity index (χ4n) is 2.84. The molecule has 1 unspecified atom stereocenters. The first-order valence-corrected chi connectivity index (χ1v) is 7.75. The van der Waals surface area contributed by atoms with Gasteiger partial charge in [0.2, 0.25) is 0 Å². The van der Waals surface area contributed by atoms with Crippen LogP contribution in [0.15, 0.2) is 34.8 Å². The summed E-state index contributed by atoms with van der Waals surface area (Å²) >= 11 is 3.68. The molecule has 1 N–H and O–H groups in total. The Morgan fingerprint density at radius 1 is 0.950 bits per heavy atom. The standard InChI is InChI=1S/C18H22BrN/c1-11-10-12(2)14(4)17(13(11)3)18(20-5)15-8-6-7-9-16(15)19/h6-10,18,20H,1-5H3. The molecular weight excluding hydrogens is 310 g/mol. The Labute approximate surface area is 130 Å². The molecule has 2 aromatic rings.